The van der Waals surface area contributed by atoms with Gasteiger partial charge in [0, 0.05) is 0 Å². The average molecular weight is 228 g/mol. The molecule has 0 bridgehead atoms. The molecule has 0 spiro atoms. The molecule has 0 aliphatic rings. The van der Waals surface area contributed by atoms with Crippen LogP contribution in [0.1, 0.15) is 12.5 Å². The molecule has 1 aromatic carbocycles. The molecule has 5 heteroatoms. The number of hydrogen-bond donors (Lipinski definition) is 2. The van der Waals surface area contributed by atoms with Crippen LogP contribution in [0.4, 0.5) is 0 Å². The molecule has 0 unspecified atom stereocenters. The van der Waals surface area contributed by atoms with Crippen LogP contribution in [0.25, 0.3) is 0 Å². The summed E-state index contributed by atoms with van der Waals surface area (Å²) in [6, 6.07) is 4.23. The minimum atomic E-state index is -4.36. The molecule has 1 aromatic rings. The standard InChI is InChI=1S/C10H12O4S/c1-2-3-5-8-6-4-7-9(10(8)11)15(12,13)14/h2-4,6-7,11H,5H2,1H3,(H,12,13,14). The van der Waals surface area contributed by atoms with E-state index >= 15 is 0 Å². The van der Waals surface area contributed by atoms with Gasteiger partial charge < -0.3 is 5.11 Å². The predicted octanol–water partition coefficient (Wildman–Crippen LogP) is 1.76. The second-order valence-corrected chi connectivity index (χ2v) is 4.40. The molecule has 4 nitrogen and oxygen atoms in total. The lowest BCUT2D eigenvalue weighted by molar-refractivity contribution is 0.439. The lowest BCUT2D eigenvalue weighted by atomic mass is 10.1. The summed E-state index contributed by atoms with van der Waals surface area (Å²) in [6.07, 6.45) is 3.99. The van der Waals surface area contributed by atoms with Crippen LogP contribution in [0.5, 0.6) is 5.75 Å². The first-order valence-corrected chi connectivity index (χ1v) is 5.80. The lowest BCUT2D eigenvalue weighted by Gasteiger charge is -2.05. The van der Waals surface area contributed by atoms with E-state index in [1.54, 1.807) is 18.2 Å². The van der Waals surface area contributed by atoms with Crippen LogP contribution in [-0.2, 0) is 16.5 Å². The highest BCUT2D eigenvalue weighted by atomic mass is 32.2. The summed E-state index contributed by atoms with van der Waals surface area (Å²) >= 11 is 0. The molecule has 1 rings (SSSR count). The van der Waals surface area contributed by atoms with E-state index in [1.807, 2.05) is 6.92 Å². The van der Waals surface area contributed by atoms with Crippen molar-refractivity contribution in [2.24, 2.45) is 0 Å². The van der Waals surface area contributed by atoms with Gasteiger partial charge >= 0.3 is 0 Å². The minimum absolute atomic E-state index is 0.391. The minimum Gasteiger partial charge on any atom is -0.506 e. The van der Waals surface area contributed by atoms with Crippen LogP contribution in [0.15, 0.2) is 35.2 Å². The summed E-state index contributed by atoms with van der Waals surface area (Å²) in [5.74, 6) is -0.391. The van der Waals surface area contributed by atoms with Gasteiger partial charge in [0.15, 0.2) is 0 Å². The van der Waals surface area contributed by atoms with Gasteiger partial charge in [-0.3, -0.25) is 4.55 Å². The van der Waals surface area contributed by atoms with Crippen LogP contribution < -0.4 is 0 Å². The Labute approximate surface area is 88.6 Å². The van der Waals surface area contributed by atoms with E-state index in [0.717, 1.165) is 6.07 Å². The summed E-state index contributed by atoms with van der Waals surface area (Å²) in [5.41, 5.74) is 0.461. The van der Waals surface area contributed by atoms with Crippen LogP contribution in [0.3, 0.4) is 0 Å². The van der Waals surface area contributed by atoms with E-state index in [9.17, 15) is 13.5 Å². The maximum atomic E-state index is 10.9. The molecule has 0 aliphatic carbocycles. The molecule has 0 fully saturated rings. The van der Waals surface area contributed by atoms with Crippen molar-refractivity contribution in [2.45, 2.75) is 18.2 Å². The van der Waals surface area contributed by atoms with Gasteiger partial charge in [-0.1, -0.05) is 24.3 Å². The molecule has 0 atom stereocenters. The highest BCUT2D eigenvalue weighted by molar-refractivity contribution is 7.86. The second kappa shape index (κ2) is 4.46. The van der Waals surface area contributed by atoms with Gasteiger partial charge in [-0.15, -0.1) is 0 Å². The summed E-state index contributed by atoms with van der Waals surface area (Å²) < 4.78 is 30.5. The zero-order chi connectivity index (χ0) is 11.5. The Hall–Kier alpha value is -1.33. The molecular formula is C10H12O4S. The third kappa shape index (κ3) is 2.81. The molecule has 82 valence electrons. The topological polar surface area (TPSA) is 74.6 Å². The molecule has 0 saturated heterocycles. The first-order valence-electron chi connectivity index (χ1n) is 4.36. The summed E-state index contributed by atoms with van der Waals surface area (Å²) in [5, 5.41) is 9.58. The largest absolute Gasteiger partial charge is 0.506 e. The van der Waals surface area contributed by atoms with Crippen molar-refractivity contribution in [3.05, 3.63) is 35.9 Å². The Bertz CT molecular complexity index is 474. The lowest BCUT2D eigenvalue weighted by Crippen LogP contribution is -1.99. The Balaban J connectivity index is 3.23. The van der Waals surface area contributed by atoms with Crippen molar-refractivity contribution in [3.63, 3.8) is 0 Å². The SMILES string of the molecule is CC=CCc1cccc(S(=O)(=O)O)c1O. The number of aromatic hydroxyl groups is 1. The molecule has 0 aliphatic heterocycles. The van der Waals surface area contributed by atoms with Crippen molar-refractivity contribution in [1.29, 1.82) is 0 Å². The number of phenols is 1. The van der Waals surface area contributed by atoms with Gasteiger partial charge in [0.2, 0.25) is 0 Å². The molecule has 15 heavy (non-hydrogen) atoms. The Morgan fingerprint density at radius 1 is 1.40 bits per heavy atom. The zero-order valence-corrected chi connectivity index (χ0v) is 9.03. The number of rotatable bonds is 3. The summed E-state index contributed by atoms with van der Waals surface area (Å²) in [7, 11) is -4.36. The van der Waals surface area contributed by atoms with Crippen molar-refractivity contribution in [2.75, 3.05) is 0 Å². The van der Waals surface area contributed by atoms with E-state index in [2.05, 4.69) is 0 Å². The number of phenolic OH excluding ortho intramolecular Hbond substituents is 1. The predicted molar refractivity (Wildman–Crippen MR) is 56.4 cm³/mol. The Morgan fingerprint density at radius 2 is 2.07 bits per heavy atom. The van der Waals surface area contributed by atoms with E-state index in [0.29, 0.717) is 12.0 Å². The summed E-state index contributed by atoms with van der Waals surface area (Å²) in [4.78, 5) is -0.454. The van der Waals surface area contributed by atoms with Crippen LogP contribution in [0.2, 0.25) is 0 Å². The fraction of sp³-hybridized carbons (Fsp3) is 0.200. The third-order valence-electron chi connectivity index (χ3n) is 1.93. The molecule has 0 aromatic heterocycles. The fourth-order valence-corrected chi connectivity index (χ4v) is 1.81. The van der Waals surface area contributed by atoms with E-state index in [1.165, 1.54) is 6.07 Å². The maximum Gasteiger partial charge on any atom is 0.298 e. The van der Waals surface area contributed by atoms with Crippen molar-refractivity contribution < 1.29 is 18.1 Å². The smallest absolute Gasteiger partial charge is 0.298 e. The molecular weight excluding hydrogens is 216 g/mol. The van der Waals surface area contributed by atoms with Gasteiger partial charge in [0.25, 0.3) is 10.1 Å². The maximum absolute atomic E-state index is 10.9. The number of benzene rings is 1. The van der Waals surface area contributed by atoms with Crippen molar-refractivity contribution in [3.8, 4) is 5.75 Å². The van der Waals surface area contributed by atoms with E-state index in [4.69, 9.17) is 4.55 Å². The van der Waals surface area contributed by atoms with E-state index < -0.39 is 20.8 Å². The van der Waals surface area contributed by atoms with Gasteiger partial charge in [-0.05, 0) is 25.0 Å². The molecule has 0 heterocycles. The highest BCUT2D eigenvalue weighted by Crippen LogP contribution is 2.26. The highest BCUT2D eigenvalue weighted by Gasteiger charge is 2.16. The quantitative estimate of drug-likeness (QED) is 0.610. The fourth-order valence-electron chi connectivity index (χ4n) is 1.19. The van der Waals surface area contributed by atoms with Crippen molar-refractivity contribution >= 4 is 10.1 Å². The van der Waals surface area contributed by atoms with Gasteiger partial charge in [0.1, 0.15) is 10.6 Å². The first kappa shape index (κ1) is 11.7. The Morgan fingerprint density at radius 3 is 2.60 bits per heavy atom. The first-order chi connectivity index (χ1) is 6.96. The van der Waals surface area contributed by atoms with Crippen LogP contribution in [0, 0.1) is 0 Å². The third-order valence-corrected chi connectivity index (χ3v) is 2.82. The van der Waals surface area contributed by atoms with Crippen molar-refractivity contribution in [1.82, 2.24) is 0 Å². The number of hydrogen-bond acceptors (Lipinski definition) is 3. The molecule has 0 amide bonds. The van der Waals surface area contributed by atoms with Gasteiger partial charge in [0.05, 0.1) is 0 Å². The van der Waals surface area contributed by atoms with Crippen LogP contribution in [-0.4, -0.2) is 18.1 Å². The molecule has 2 N–H and O–H groups in total. The number of allylic oxidation sites excluding steroid dienone is 2. The number of para-hydroxylation sites is 1. The normalized spacial score (nSPS) is 12.1. The Kier molecular flexibility index (Phi) is 3.49. The molecule has 0 radical (unpaired) electrons. The summed E-state index contributed by atoms with van der Waals surface area (Å²) in [6.45, 7) is 1.82. The van der Waals surface area contributed by atoms with Gasteiger partial charge in [-0.25, -0.2) is 0 Å². The second-order valence-electron chi connectivity index (χ2n) is 3.01. The molecule has 0 saturated carbocycles. The van der Waals surface area contributed by atoms with E-state index in [-0.39, 0.29) is 0 Å². The van der Waals surface area contributed by atoms with Crippen LogP contribution >= 0.6 is 0 Å². The van der Waals surface area contributed by atoms with Gasteiger partial charge in [-0.2, -0.15) is 8.42 Å². The monoisotopic (exact) mass is 228 g/mol. The average Bonchev–Trinajstić information content (AvgIpc) is 2.14. The zero-order valence-electron chi connectivity index (χ0n) is 8.21.